The Bertz CT molecular complexity index is 183. The lowest BCUT2D eigenvalue weighted by atomic mass is 10.0. The fourth-order valence-electron chi connectivity index (χ4n) is 0.916. The Morgan fingerprint density at radius 3 is 2.18 bits per heavy atom. The maximum atomic E-state index is 10.3. The molecule has 0 fully saturated rings. The van der Waals surface area contributed by atoms with Gasteiger partial charge in [-0.05, 0) is 24.8 Å². The van der Waals surface area contributed by atoms with Gasteiger partial charge in [0, 0.05) is 6.92 Å². The second-order valence-corrected chi connectivity index (χ2v) is 3.22. The zero-order valence-electron chi connectivity index (χ0n) is 7.55. The standard InChI is InChI=1S/C8H15NO2/c1-6(2)5-7(3)8(4)9(10)11/h6H,5H2,1-4H3. The summed E-state index contributed by atoms with van der Waals surface area (Å²) in [6.07, 6.45) is 0.812. The monoisotopic (exact) mass is 157 g/mol. The molecule has 64 valence electrons. The van der Waals surface area contributed by atoms with Crippen LogP contribution in [-0.4, -0.2) is 4.92 Å². The second-order valence-electron chi connectivity index (χ2n) is 3.22. The van der Waals surface area contributed by atoms with E-state index in [4.69, 9.17) is 0 Å². The van der Waals surface area contributed by atoms with E-state index >= 15 is 0 Å². The van der Waals surface area contributed by atoms with Crippen LogP contribution >= 0.6 is 0 Å². The number of nitrogens with zero attached hydrogens (tertiary/aromatic N) is 1. The van der Waals surface area contributed by atoms with E-state index in [1.54, 1.807) is 6.92 Å². The first kappa shape index (κ1) is 10.1. The second kappa shape index (κ2) is 4.11. The third-order valence-electron chi connectivity index (χ3n) is 1.61. The van der Waals surface area contributed by atoms with Gasteiger partial charge in [-0.1, -0.05) is 13.8 Å². The molecule has 0 aliphatic rings. The summed E-state index contributed by atoms with van der Waals surface area (Å²) in [6.45, 7) is 7.48. The molecule has 0 spiro atoms. The lowest BCUT2D eigenvalue weighted by Gasteiger charge is -2.03. The van der Waals surface area contributed by atoms with E-state index in [-0.39, 0.29) is 4.92 Å². The molecule has 0 saturated carbocycles. The first-order chi connectivity index (χ1) is 4.95. The van der Waals surface area contributed by atoms with Crippen LogP contribution in [0.2, 0.25) is 0 Å². The van der Waals surface area contributed by atoms with Crippen LogP contribution in [0.1, 0.15) is 34.1 Å². The molecule has 0 radical (unpaired) electrons. The number of hydrogen-bond acceptors (Lipinski definition) is 2. The number of nitro groups is 1. The highest BCUT2D eigenvalue weighted by molar-refractivity contribution is 5.02. The fraction of sp³-hybridized carbons (Fsp3) is 0.750. The summed E-state index contributed by atoms with van der Waals surface area (Å²) in [5.74, 6) is 0.491. The smallest absolute Gasteiger partial charge is 0.242 e. The van der Waals surface area contributed by atoms with Crippen molar-refractivity contribution in [3.63, 3.8) is 0 Å². The summed E-state index contributed by atoms with van der Waals surface area (Å²) in [5.41, 5.74) is 1.17. The summed E-state index contributed by atoms with van der Waals surface area (Å²) in [5, 5.41) is 10.3. The molecule has 0 aromatic carbocycles. The molecule has 0 bridgehead atoms. The zero-order chi connectivity index (χ0) is 9.02. The van der Waals surface area contributed by atoms with E-state index in [1.165, 1.54) is 0 Å². The van der Waals surface area contributed by atoms with Crippen LogP contribution in [-0.2, 0) is 0 Å². The summed E-state index contributed by atoms with van der Waals surface area (Å²) in [7, 11) is 0. The summed E-state index contributed by atoms with van der Waals surface area (Å²) >= 11 is 0. The van der Waals surface area contributed by atoms with Crippen LogP contribution in [0.3, 0.4) is 0 Å². The van der Waals surface area contributed by atoms with Crippen LogP contribution in [0, 0.1) is 16.0 Å². The molecular weight excluding hydrogens is 142 g/mol. The Morgan fingerprint density at radius 1 is 1.45 bits per heavy atom. The van der Waals surface area contributed by atoms with E-state index in [0.29, 0.717) is 11.6 Å². The summed E-state index contributed by atoms with van der Waals surface area (Å²) in [4.78, 5) is 9.95. The molecule has 0 aliphatic heterocycles. The number of allylic oxidation sites excluding steroid dienone is 2. The molecule has 0 saturated heterocycles. The predicted octanol–water partition coefficient (Wildman–Crippen LogP) is 2.60. The van der Waals surface area contributed by atoms with E-state index in [2.05, 4.69) is 13.8 Å². The van der Waals surface area contributed by atoms with Gasteiger partial charge in [0.1, 0.15) is 0 Å². The van der Waals surface area contributed by atoms with Gasteiger partial charge in [-0.15, -0.1) is 0 Å². The molecule has 0 rings (SSSR count). The Hall–Kier alpha value is -0.860. The minimum atomic E-state index is -0.322. The molecule has 0 aliphatic carbocycles. The largest absolute Gasteiger partial charge is 0.259 e. The van der Waals surface area contributed by atoms with Gasteiger partial charge in [0.2, 0.25) is 5.70 Å². The molecular formula is C8H15NO2. The van der Waals surface area contributed by atoms with Crippen molar-refractivity contribution >= 4 is 0 Å². The van der Waals surface area contributed by atoms with Crippen LogP contribution < -0.4 is 0 Å². The van der Waals surface area contributed by atoms with Crippen molar-refractivity contribution in [1.82, 2.24) is 0 Å². The molecule has 0 amide bonds. The maximum absolute atomic E-state index is 10.3. The van der Waals surface area contributed by atoms with Crippen molar-refractivity contribution < 1.29 is 4.92 Å². The van der Waals surface area contributed by atoms with E-state index in [9.17, 15) is 10.1 Å². The van der Waals surface area contributed by atoms with Gasteiger partial charge in [0.25, 0.3) is 0 Å². The molecule has 0 atom stereocenters. The van der Waals surface area contributed by atoms with Crippen LogP contribution in [0.25, 0.3) is 0 Å². The Balaban J connectivity index is 4.28. The lowest BCUT2D eigenvalue weighted by Crippen LogP contribution is -1.99. The molecule has 0 N–H and O–H groups in total. The van der Waals surface area contributed by atoms with Crippen molar-refractivity contribution in [1.29, 1.82) is 0 Å². The van der Waals surface area contributed by atoms with Gasteiger partial charge >= 0.3 is 0 Å². The third-order valence-corrected chi connectivity index (χ3v) is 1.61. The van der Waals surface area contributed by atoms with E-state index in [0.717, 1.165) is 12.0 Å². The average Bonchev–Trinajstić information content (AvgIpc) is 1.84. The van der Waals surface area contributed by atoms with E-state index < -0.39 is 0 Å². The highest BCUT2D eigenvalue weighted by Crippen LogP contribution is 2.13. The van der Waals surface area contributed by atoms with Gasteiger partial charge in [-0.3, -0.25) is 10.1 Å². The normalized spacial score (nSPS) is 13.2. The molecule has 0 heterocycles. The molecule has 3 heteroatoms. The summed E-state index contributed by atoms with van der Waals surface area (Å²) in [6, 6.07) is 0. The van der Waals surface area contributed by atoms with Crippen molar-refractivity contribution in [2.75, 3.05) is 0 Å². The molecule has 0 aromatic rings. The average molecular weight is 157 g/mol. The van der Waals surface area contributed by atoms with Crippen molar-refractivity contribution in [3.05, 3.63) is 21.4 Å². The SMILES string of the molecule is CC(CC(C)C)=C(C)[N+](=O)[O-]. The predicted molar refractivity (Wildman–Crippen MR) is 44.8 cm³/mol. The first-order valence-electron chi connectivity index (χ1n) is 3.76. The Morgan fingerprint density at radius 2 is 1.91 bits per heavy atom. The molecule has 0 unspecified atom stereocenters. The first-order valence-corrected chi connectivity index (χ1v) is 3.76. The van der Waals surface area contributed by atoms with Crippen LogP contribution in [0.4, 0.5) is 0 Å². The van der Waals surface area contributed by atoms with Crippen molar-refractivity contribution in [3.8, 4) is 0 Å². The van der Waals surface area contributed by atoms with Crippen molar-refractivity contribution in [2.45, 2.75) is 34.1 Å². The third kappa shape index (κ3) is 3.75. The van der Waals surface area contributed by atoms with Gasteiger partial charge in [-0.2, -0.15) is 0 Å². The lowest BCUT2D eigenvalue weighted by molar-refractivity contribution is -0.425. The van der Waals surface area contributed by atoms with Crippen LogP contribution in [0.15, 0.2) is 11.3 Å². The minimum Gasteiger partial charge on any atom is -0.259 e. The van der Waals surface area contributed by atoms with E-state index in [1.807, 2.05) is 6.92 Å². The highest BCUT2D eigenvalue weighted by Gasteiger charge is 2.08. The molecule has 0 aromatic heterocycles. The van der Waals surface area contributed by atoms with Gasteiger partial charge in [0.05, 0.1) is 4.92 Å². The summed E-state index contributed by atoms with van der Waals surface area (Å²) < 4.78 is 0. The topological polar surface area (TPSA) is 43.1 Å². The van der Waals surface area contributed by atoms with Crippen LogP contribution in [0.5, 0.6) is 0 Å². The highest BCUT2D eigenvalue weighted by atomic mass is 16.6. The number of rotatable bonds is 3. The Kier molecular flexibility index (Phi) is 3.79. The number of hydrogen-bond donors (Lipinski definition) is 0. The molecule has 11 heavy (non-hydrogen) atoms. The van der Waals surface area contributed by atoms with Gasteiger partial charge < -0.3 is 0 Å². The van der Waals surface area contributed by atoms with Crippen molar-refractivity contribution in [2.24, 2.45) is 5.92 Å². The van der Waals surface area contributed by atoms with Gasteiger partial charge in [0.15, 0.2) is 0 Å². The quantitative estimate of drug-likeness (QED) is 0.466. The molecule has 3 nitrogen and oxygen atoms in total. The fourth-order valence-corrected chi connectivity index (χ4v) is 0.916. The zero-order valence-corrected chi connectivity index (χ0v) is 7.55. The minimum absolute atomic E-state index is 0.290. The van der Waals surface area contributed by atoms with Gasteiger partial charge in [-0.25, -0.2) is 0 Å². The maximum Gasteiger partial charge on any atom is 0.242 e. The Labute approximate surface area is 67.3 Å².